The van der Waals surface area contributed by atoms with Crippen LogP contribution in [0, 0.1) is 11.8 Å². The highest BCUT2D eigenvalue weighted by Crippen LogP contribution is 2.39. The Morgan fingerprint density at radius 3 is 1.82 bits per heavy atom. The number of thiophene rings is 2. The van der Waals surface area contributed by atoms with Crippen LogP contribution in [0.5, 0.6) is 23.0 Å². The van der Waals surface area contributed by atoms with Gasteiger partial charge in [0.05, 0.1) is 48.5 Å². The zero-order valence-electron chi connectivity index (χ0n) is 42.3. The minimum atomic E-state index is -3.54. The fraction of sp³-hybridized carbons (Fsp3) is 0.400. The average molecular weight is 1110 g/mol. The number of methoxy groups -OCH3 is 1. The molecule has 5 rings (SSSR count). The van der Waals surface area contributed by atoms with Crippen LogP contribution < -0.4 is 40.2 Å². The fourth-order valence-electron chi connectivity index (χ4n) is 6.75. The number of carbonyl (C=O) groups is 8. The van der Waals surface area contributed by atoms with E-state index in [0.29, 0.717) is 56.2 Å². The van der Waals surface area contributed by atoms with Crippen molar-refractivity contribution in [1.82, 2.24) is 36.1 Å². The lowest BCUT2D eigenvalue weighted by Gasteiger charge is -2.20. The number of nitrogens with zero attached hydrogens (tertiary/aromatic N) is 3. The number of ketones is 1. The van der Waals surface area contributed by atoms with Gasteiger partial charge in [-0.2, -0.15) is 0 Å². The number of unbranched alkanes of at least 4 members (excludes halogenated alkanes) is 1. The number of carboxylic acid groups (broad SMARTS) is 2. The molecule has 0 radical (unpaired) electrons. The first-order valence-electron chi connectivity index (χ1n) is 23.5. The number of Topliss-reactive ketones (excluding diaryl/α,β-unsaturated/α-hetero) is 1. The van der Waals surface area contributed by atoms with Crippen LogP contribution in [0.2, 0.25) is 0 Å². The Morgan fingerprint density at radius 2 is 1.22 bits per heavy atom. The highest BCUT2D eigenvalue weighted by atomic mass is 32.2. The molecule has 5 aromatic rings. The molecule has 6 N–H and O–H groups in total. The average Bonchev–Trinajstić information content (AvgIpc) is 4.00. The highest BCUT2D eigenvalue weighted by molar-refractivity contribution is 7.90. The summed E-state index contributed by atoms with van der Waals surface area (Å²) in [7, 11) is -0.524. The molecule has 0 saturated heterocycles. The van der Waals surface area contributed by atoms with Crippen LogP contribution in [0.15, 0.2) is 53.9 Å². The first-order chi connectivity index (χ1) is 36.0. The standard InChI is InChI=1S/C50H57N7O16S3/c1-28(55-48(66)30(3)56-47(65)29(2)54-43(59)12-9-7-8-11-31-25-51-50(52-26-31)76(6,68)69)46(64)53-27-73-38-24-39-33(21-41(74-39)34(58)13-14-44(60)61)20-36(38)71-17-10-18-72-37-23-40-32(19-35(37)70-5)22-42(75-40)49(67)57(4)16-15-45(62)63/h19-26,28-30H,7,9-10,12-18,27H2,1-6H3,(H,53,64)(H,54,59)(H,55,66)(H,56,65)(H,60,61)(H,62,63)/t28-,29-,30-/m0/s1. The molecular formula is C50H57N7O16S3. The molecule has 76 heavy (non-hydrogen) atoms. The van der Waals surface area contributed by atoms with Gasteiger partial charge in [-0.3, -0.25) is 38.4 Å². The van der Waals surface area contributed by atoms with E-state index in [-0.39, 0.29) is 80.5 Å². The topological polar surface area (TPSA) is 325 Å². The number of amides is 5. The summed E-state index contributed by atoms with van der Waals surface area (Å²) < 4.78 is 48.1. The van der Waals surface area contributed by atoms with Gasteiger partial charge in [0.15, 0.2) is 35.5 Å². The number of ether oxygens (including phenoxy) is 4. The Bertz CT molecular complexity index is 3150. The molecule has 0 aliphatic heterocycles. The van der Waals surface area contributed by atoms with Gasteiger partial charge in [-0.05, 0) is 62.2 Å². The summed E-state index contributed by atoms with van der Waals surface area (Å²) in [5, 5.41) is 29.3. The monoisotopic (exact) mass is 1110 g/mol. The van der Waals surface area contributed by atoms with E-state index in [1.807, 2.05) is 0 Å². The molecular weight excluding hydrogens is 1050 g/mol. The zero-order chi connectivity index (χ0) is 55.7. The van der Waals surface area contributed by atoms with Gasteiger partial charge < -0.3 is 55.3 Å². The molecule has 26 heteroatoms. The van der Waals surface area contributed by atoms with Crippen LogP contribution in [-0.4, -0.2) is 146 Å². The quantitative estimate of drug-likeness (QED) is 0.0136. The van der Waals surface area contributed by atoms with Crippen molar-refractivity contribution in [2.45, 2.75) is 89.0 Å². The second kappa shape index (κ2) is 27.6. The van der Waals surface area contributed by atoms with E-state index in [1.165, 1.54) is 63.6 Å². The number of rotatable bonds is 28. The third-order valence-corrected chi connectivity index (χ3v) is 14.0. The van der Waals surface area contributed by atoms with Gasteiger partial charge in [0.2, 0.25) is 38.6 Å². The van der Waals surface area contributed by atoms with Crippen molar-refractivity contribution in [3.63, 3.8) is 0 Å². The van der Waals surface area contributed by atoms with E-state index in [4.69, 9.17) is 29.2 Å². The Labute approximate surface area is 444 Å². The van der Waals surface area contributed by atoms with Crippen LogP contribution >= 0.6 is 22.7 Å². The van der Waals surface area contributed by atoms with Gasteiger partial charge in [-0.15, -0.1) is 22.7 Å². The zero-order valence-corrected chi connectivity index (χ0v) is 44.8. The number of hydrogen-bond donors (Lipinski definition) is 6. The summed E-state index contributed by atoms with van der Waals surface area (Å²) in [6.07, 6.45) is 3.93. The van der Waals surface area contributed by atoms with E-state index in [9.17, 15) is 46.8 Å². The van der Waals surface area contributed by atoms with Crippen molar-refractivity contribution in [2.24, 2.45) is 0 Å². The van der Waals surface area contributed by atoms with Gasteiger partial charge in [0.1, 0.15) is 18.1 Å². The van der Waals surface area contributed by atoms with Crippen LogP contribution in [0.3, 0.4) is 0 Å². The third-order valence-electron chi connectivity index (χ3n) is 10.9. The maximum atomic E-state index is 13.1. The number of aromatic nitrogens is 2. The number of hydrogen-bond acceptors (Lipinski definition) is 18. The smallest absolute Gasteiger partial charge is 0.305 e. The van der Waals surface area contributed by atoms with Crippen molar-refractivity contribution < 1.29 is 75.9 Å². The molecule has 5 amide bonds. The molecule has 2 aromatic carbocycles. The van der Waals surface area contributed by atoms with Gasteiger partial charge in [0.25, 0.3) is 5.91 Å². The van der Waals surface area contributed by atoms with Crippen LogP contribution in [0.4, 0.5) is 0 Å². The number of carbonyl (C=O) groups excluding carboxylic acids is 6. The summed E-state index contributed by atoms with van der Waals surface area (Å²) >= 11 is 2.36. The lowest BCUT2D eigenvalue weighted by molar-refractivity contribution is -0.138. The number of carboxylic acids is 2. The summed E-state index contributed by atoms with van der Waals surface area (Å²) in [5.74, 6) is 1.74. The minimum Gasteiger partial charge on any atom is -0.493 e. The van der Waals surface area contributed by atoms with Crippen molar-refractivity contribution >= 4 is 99.9 Å². The molecule has 0 aliphatic carbocycles. The van der Waals surface area contributed by atoms with Gasteiger partial charge in [-0.25, -0.2) is 18.4 Å². The molecule has 0 fully saturated rings. The molecule has 3 aromatic heterocycles. The van der Waals surface area contributed by atoms with Gasteiger partial charge >= 0.3 is 11.9 Å². The minimum absolute atomic E-state index is 0.0489. The fourth-order valence-corrected chi connectivity index (χ4v) is 9.35. The van der Waals surface area contributed by atoms with Crippen molar-refractivity contribution in [2.75, 3.05) is 46.9 Å². The summed E-state index contributed by atoms with van der Waals surface area (Å²) in [5.41, 5.74) is 0.403. The van der Waals surface area contributed by atoms with E-state index in [1.54, 1.807) is 36.4 Å². The van der Waals surface area contributed by atoms with E-state index >= 15 is 0 Å². The molecule has 0 spiro atoms. The number of sulfone groups is 1. The van der Waals surface area contributed by atoms with E-state index in [2.05, 4.69) is 43.1 Å². The predicted molar refractivity (Wildman–Crippen MR) is 279 cm³/mol. The van der Waals surface area contributed by atoms with E-state index < -0.39 is 63.5 Å². The lowest BCUT2D eigenvalue weighted by atomic mass is 10.1. The molecule has 23 nitrogen and oxygen atoms in total. The maximum Gasteiger partial charge on any atom is 0.305 e. The largest absolute Gasteiger partial charge is 0.493 e. The van der Waals surface area contributed by atoms with Crippen molar-refractivity contribution in [3.8, 4) is 34.8 Å². The molecule has 406 valence electrons. The Morgan fingerprint density at radius 1 is 0.684 bits per heavy atom. The molecule has 0 aliphatic rings. The first-order valence-corrected chi connectivity index (χ1v) is 27.0. The molecule has 0 bridgehead atoms. The second-order valence-electron chi connectivity index (χ2n) is 17.1. The molecule has 3 heterocycles. The normalized spacial score (nSPS) is 12.2. The van der Waals surface area contributed by atoms with E-state index in [0.717, 1.165) is 27.7 Å². The molecule has 3 atom stereocenters. The lowest BCUT2D eigenvalue weighted by Crippen LogP contribution is -2.54. The van der Waals surface area contributed by atoms with Crippen LogP contribution in [0.1, 0.15) is 90.6 Å². The first kappa shape index (κ1) is 59.0. The number of fused-ring (bicyclic) bond motifs is 2. The Kier molecular flexibility index (Phi) is 21.4. The van der Waals surface area contributed by atoms with Crippen molar-refractivity contribution in [1.29, 1.82) is 0 Å². The maximum absolute atomic E-state index is 13.1. The number of nitrogens with one attached hydrogen (secondary N) is 4. The van der Waals surface area contributed by atoms with Gasteiger partial charge in [0, 0.05) is 79.5 Å². The SMILES string of the molecule is COc1cc2cc(C(=O)N(C)CCC(=O)O)sc2cc1OCCCOc1cc2cc(C(=O)CCC(=O)O)sc2cc1OCNC(=O)[C@H](C)NC(=O)[C@H](C)NC(=O)[C@H](C)NC(=O)CCCC#Cc1cnc(S(C)(=O)=O)nc1. The summed E-state index contributed by atoms with van der Waals surface area (Å²) in [6, 6.07) is 6.90. The Balaban J connectivity index is 1.11. The summed E-state index contributed by atoms with van der Waals surface area (Å²) in [4.78, 5) is 109. The highest BCUT2D eigenvalue weighted by Gasteiger charge is 2.25. The Hall–Kier alpha value is -7.89. The molecule has 0 unspecified atom stereocenters. The number of aliphatic carboxylic acids is 2. The van der Waals surface area contributed by atoms with Crippen molar-refractivity contribution in [3.05, 3.63) is 64.1 Å². The summed E-state index contributed by atoms with van der Waals surface area (Å²) in [6.45, 7) is 4.22. The van der Waals surface area contributed by atoms with Crippen LogP contribution in [0.25, 0.3) is 20.2 Å². The second-order valence-corrected chi connectivity index (χ2v) is 21.2. The van der Waals surface area contributed by atoms with Crippen LogP contribution in [-0.2, 0) is 38.6 Å². The molecule has 0 saturated carbocycles. The predicted octanol–water partition coefficient (Wildman–Crippen LogP) is 3.95. The third kappa shape index (κ3) is 17.6. The number of benzene rings is 2. The van der Waals surface area contributed by atoms with Gasteiger partial charge in [-0.1, -0.05) is 11.8 Å².